The molecule has 0 saturated carbocycles. The number of aliphatic imine (C=N–C) groups is 1. The fraction of sp³-hybridized carbons (Fsp3) is 0.267. The summed E-state index contributed by atoms with van der Waals surface area (Å²) in [6, 6.07) is 8.14. The van der Waals surface area contributed by atoms with E-state index in [4.69, 9.17) is 0 Å². The zero-order chi connectivity index (χ0) is 12.8. The minimum Gasteiger partial charge on any atom is -0.252 e. The normalized spacial score (nSPS) is 11.0. The Bertz CT molecular complexity index is 510. The van der Waals surface area contributed by atoms with Gasteiger partial charge in [-0.25, -0.2) is 9.97 Å². The van der Waals surface area contributed by atoms with E-state index in [1.165, 1.54) is 11.1 Å². The highest BCUT2D eigenvalue weighted by atomic mass is 14.9. The van der Waals surface area contributed by atoms with Crippen LogP contribution in [0.15, 0.2) is 41.7 Å². The minimum absolute atomic E-state index is 0.644. The van der Waals surface area contributed by atoms with Gasteiger partial charge in [0.1, 0.15) is 0 Å². The Balaban J connectivity index is 2.36. The average Bonchev–Trinajstić information content (AvgIpc) is 2.45. The molecule has 3 heteroatoms. The van der Waals surface area contributed by atoms with Crippen molar-refractivity contribution in [2.45, 2.75) is 26.7 Å². The summed E-state index contributed by atoms with van der Waals surface area (Å²) in [6.07, 6.45) is 7.14. The molecule has 0 spiro atoms. The van der Waals surface area contributed by atoms with Gasteiger partial charge in [0.15, 0.2) is 5.82 Å². The number of hydrogen-bond acceptors (Lipinski definition) is 3. The number of benzene rings is 1. The van der Waals surface area contributed by atoms with Crippen molar-refractivity contribution in [3.63, 3.8) is 0 Å². The molecule has 1 heterocycles. The van der Waals surface area contributed by atoms with Crippen LogP contribution in [0, 0.1) is 0 Å². The van der Waals surface area contributed by atoms with Gasteiger partial charge in [0.05, 0.1) is 11.9 Å². The van der Waals surface area contributed by atoms with Crippen LogP contribution in [0.3, 0.4) is 0 Å². The molecule has 0 N–H and O–H groups in total. The number of aryl methyl sites for hydroxylation is 2. The molecule has 0 aliphatic carbocycles. The van der Waals surface area contributed by atoms with E-state index in [0.29, 0.717) is 5.82 Å². The van der Waals surface area contributed by atoms with E-state index >= 15 is 0 Å². The first kappa shape index (κ1) is 12.4. The maximum Gasteiger partial charge on any atom is 0.170 e. The van der Waals surface area contributed by atoms with E-state index in [1.807, 2.05) is 0 Å². The first-order valence-electron chi connectivity index (χ1n) is 6.27. The minimum atomic E-state index is 0.644. The van der Waals surface area contributed by atoms with E-state index in [1.54, 1.807) is 24.7 Å². The standard InChI is InChI=1S/C15H17N3/c1-3-12-7-5-8-13(4-2)15(12)18-11-14-16-9-6-10-17-14/h5-11H,3-4H2,1-2H3/b18-11+. The molecule has 0 aliphatic rings. The van der Waals surface area contributed by atoms with Crippen LogP contribution < -0.4 is 0 Å². The Morgan fingerprint density at radius 3 is 2.17 bits per heavy atom. The van der Waals surface area contributed by atoms with Crippen molar-refractivity contribution in [1.29, 1.82) is 0 Å². The molecule has 1 aromatic heterocycles. The Morgan fingerprint density at radius 1 is 1.00 bits per heavy atom. The second-order valence-corrected chi connectivity index (χ2v) is 4.00. The van der Waals surface area contributed by atoms with Gasteiger partial charge in [-0.2, -0.15) is 0 Å². The molecule has 0 radical (unpaired) electrons. The molecule has 92 valence electrons. The van der Waals surface area contributed by atoms with Crippen LogP contribution in [0.1, 0.15) is 30.8 Å². The summed E-state index contributed by atoms with van der Waals surface area (Å²) in [5, 5.41) is 0. The van der Waals surface area contributed by atoms with Crippen molar-refractivity contribution in [2.75, 3.05) is 0 Å². The number of rotatable bonds is 4. The number of para-hydroxylation sites is 1. The van der Waals surface area contributed by atoms with Crippen molar-refractivity contribution in [1.82, 2.24) is 9.97 Å². The summed E-state index contributed by atoms with van der Waals surface area (Å²) in [7, 11) is 0. The van der Waals surface area contributed by atoms with Crippen molar-refractivity contribution in [3.8, 4) is 0 Å². The second-order valence-electron chi connectivity index (χ2n) is 4.00. The molecule has 18 heavy (non-hydrogen) atoms. The van der Waals surface area contributed by atoms with Gasteiger partial charge in [0.2, 0.25) is 0 Å². The molecule has 0 unspecified atom stereocenters. The average molecular weight is 239 g/mol. The topological polar surface area (TPSA) is 38.1 Å². The summed E-state index contributed by atoms with van der Waals surface area (Å²) in [6.45, 7) is 4.29. The van der Waals surface area contributed by atoms with Gasteiger partial charge in [-0.1, -0.05) is 32.0 Å². The van der Waals surface area contributed by atoms with Crippen LogP contribution in [-0.4, -0.2) is 16.2 Å². The smallest absolute Gasteiger partial charge is 0.170 e. The summed E-state index contributed by atoms with van der Waals surface area (Å²) < 4.78 is 0. The van der Waals surface area contributed by atoms with E-state index in [2.05, 4.69) is 47.0 Å². The van der Waals surface area contributed by atoms with Crippen LogP contribution in [0.25, 0.3) is 0 Å². The fourth-order valence-corrected chi connectivity index (χ4v) is 1.88. The lowest BCUT2D eigenvalue weighted by atomic mass is 10.0. The summed E-state index contributed by atoms with van der Waals surface area (Å²) >= 11 is 0. The predicted octanol–water partition coefficient (Wildman–Crippen LogP) is 3.35. The Morgan fingerprint density at radius 2 is 1.61 bits per heavy atom. The quantitative estimate of drug-likeness (QED) is 0.767. The van der Waals surface area contributed by atoms with Crippen molar-refractivity contribution in [2.24, 2.45) is 4.99 Å². The van der Waals surface area contributed by atoms with Crippen LogP contribution in [0.5, 0.6) is 0 Å². The van der Waals surface area contributed by atoms with Crippen molar-refractivity contribution in [3.05, 3.63) is 53.6 Å². The van der Waals surface area contributed by atoms with E-state index in [-0.39, 0.29) is 0 Å². The highest BCUT2D eigenvalue weighted by Gasteiger charge is 2.04. The van der Waals surface area contributed by atoms with Gasteiger partial charge < -0.3 is 0 Å². The van der Waals surface area contributed by atoms with Crippen molar-refractivity contribution >= 4 is 11.9 Å². The third-order valence-electron chi connectivity index (χ3n) is 2.86. The maximum absolute atomic E-state index is 4.57. The molecule has 2 rings (SSSR count). The Labute approximate surface area is 108 Å². The molecule has 0 aliphatic heterocycles. The Hall–Kier alpha value is -2.03. The highest BCUT2D eigenvalue weighted by Crippen LogP contribution is 2.25. The molecular formula is C15H17N3. The van der Waals surface area contributed by atoms with Crippen molar-refractivity contribution < 1.29 is 0 Å². The lowest BCUT2D eigenvalue weighted by Gasteiger charge is -2.07. The fourth-order valence-electron chi connectivity index (χ4n) is 1.88. The number of nitrogens with zero attached hydrogens (tertiary/aromatic N) is 3. The number of aromatic nitrogens is 2. The van der Waals surface area contributed by atoms with Gasteiger partial charge in [-0.3, -0.25) is 4.99 Å². The highest BCUT2D eigenvalue weighted by molar-refractivity contribution is 5.78. The monoisotopic (exact) mass is 239 g/mol. The zero-order valence-electron chi connectivity index (χ0n) is 10.8. The maximum atomic E-state index is 4.57. The van der Waals surface area contributed by atoms with E-state index in [0.717, 1.165) is 18.5 Å². The third-order valence-corrected chi connectivity index (χ3v) is 2.86. The molecule has 0 atom stereocenters. The third kappa shape index (κ3) is 2.80. The van der Waals surface area contributed by atoms with Gasteiger partial charge in [-0.15, -0.1) is 0 Å². The van der Waals surface area contributed by atoms with Crippen LogP contribution in [0.4, 0.5) is 5.69 Å². The van der Waals surface area contributed by atoms with E-state index < -0.39 is 0 Å². The molecule has 0 amide bonds. The summed E-state index contributed by atoms with van der Waals surface area (Å²) in [5.74, 6) is 0.644. The molecule has 0 bridgehead atoms. The van der Waals surface area contributed by atoms with Crippen LogP contribution in [-0.2, 0) is 12.8 Å². The molecule has 0 fully saturated rings. The summed E-state index contributed by atoms with van der Waals surface area (Å²) in [4.78, 5) is 12.9. The first-order chi connectivity index (χ1) is 8.85. The largest absolute Gasteiger partial charge is 0.252 e. The second kappa shape index (κ2) is 6.05. The number of hydrogen-bond donors (Lipinski definition) is 0. The SMILES string of the molecule is CCc1cccc(CC)c1/N=C/c1ncccn1. The molecule has 2 aromatic rings. The Kier molecular flexibility index (Phi) is 4.18. The van der Waals surface area contributed by atoms with Gasteiger partial charge >= 0.3 is 0 Å². The molecular weight excluding hydrogens is 222 g/mol. The lowest BCUT2D eigenvalue weighted by molar-refractivity contribution is 1.08. The lowest BCUT2D eigenvalue weighted by Crippen LogP contribution is -1.92. The predicted molar refractivity (Wildman–Crippen MR) is 74.5 cm³/mol. The first-order valence-corrected chi connectivity index (χ1v) is 6.27. The van der Waals surface area contributed by atoms with Gasteiger partial charge in [0, 0.05) is 12.4 Å². The van der Waals surface area contributed by atoms with Crippen LogP contribution >= 0.6 is 0 Å². The molecule has 3 nitrogen and oxygen atoms in total. The molecule has 1 aromatic carbocycles. The zero-order valence-corrected chi connectivity index (χ0v) is 10.8. The van der Waals surface area contributed by atoms with E-state index in [9.17, 15) is 0 Å². The van der Waals surface area contributed by atoms with Gasteiger partial charge in [0.25, 0.3) is 0 Å². The van der Waals surface area contributed by atoms with Crippen LogP contribution in [0.2, 0.25) is 0 Å². The van der Waals surface area contributed by atoms with Gasteiger partial charge in [-0.05, 0) is 30.0 Å². The summed E-state index contributed by atoms with van der Waals surface area (Å²) in [5.41, 5.74) is 3.60. The molecule has 0 saturated heterocycles.